The number of fused-ring (bicyclic) bond motifs is 1. The molecule has 0 radical (unpaired) electrons. The zero-order valence-electron chi connectivity index (χ0n) is 10.7. The zero-order valence-corrected chi connectivity index (χ0v) is 11.6. The summed E-state index contributed by atoms with van der Waals surface area (Å²) in [5.41, 5.74) is 0.446. The van der Waals surface area contributed by atoms with Crippen molar-refractivity contribution in [3.05, 3.63) is 45.7 Å². The van der Waals surface area contributed by atoms with Crippen molar-refractivity contribution in [2.24, 2.45) is 0 Å². The lowest BCUT2D eigenvalue weighted by Crippen LogP contribution is -1.99. The second kappa shape index (κ2) is 5.02. The number of rotatable bonds is 4. The molecule has 0 bridgehead atoms. The molecule has 2 aromatic heterocycles. The first-order valence-corrected chi connectivity index (χ1v) is 6.68. The smallest absolute Gasteiger partial charge is 0.373 e. The number of nitro groups is 1. The van der Waals surface area contributed by atoms with Gasteiger partial charge in [-0.3, -0.25) is 0 Å². The fourth-order valence-electron chi connectivity index (χ4n) is 1.91. The summed E-state index contributed by atoms with van der Waals surface area (Å²) in [4.78, 5) is 15.3. The topological polar surface area (TPSA) is 81.7 Å². The second-order valence-electron chi connectivity index (χ2n) is 4.07. The van der Waals surface area contributed by atoms with Crippen LogP contribution in [0.1, 0.15) is 0 Å². The quantitative estimate of drug-likeness (QED) is 0.591. The highest BCUT2D eigenvalue weighted by atomic mass is 32.1. The predicted molar refractivity (Wildman–Crippen MR) is 76.0 cm³/mol. The normalized spacial score (nSPS) is 10.8. The first kappa shape index (κ1) is 13.3. The van der Waals surface area contributed by atoms with Crippen LogP contribution in [0.5, 0.6) is 5.75 Å². The molecule has 0 fully saturated rings. The second-order valence-corrected chi connectivity index (χ2v) is 4.94. The van der Waals surface area contributed by atoms with Crippen molar-refractivity contribution in [2.75, 3.05) is 12.4 Å². The molecule has 1 aromatic carbocycles. The number of hydrogen-bond acceptors (Lipinski definition) is 6. The maximum atomic E-state index is 13.4. The minimum Gasteiger partial charge on any atom is -0.494 e. The summed E-state index contributed by atoms with van der Waals surface area (Å²) < 4.78 is 19.6. The standard InChI is InChI=1S/C12H9FN4O3S/c1-20-9-6-7(2-3-8(9)13)14-10-11(17(18)19)16-4-5-21-12(16)15-10/h2-6,14H,1H3. The average Bonchev–Trinajstić information content (AvgIpc) is 3.00. The van der Waals surface area contributed by atoms with E-state index in [1.54, 1.807) is 11.6 Å². The highest BCUT2D eigenvalue weighted by Gasteiger charge is 2.23. The number of anilines is 2. The SMILES string of the molecule is COc1cc(Nc2nc3sccn3c2[N+](=O)[O-])ccc1F. The third-order valence-electron chi connectivity index (χ3n) is 2.82. The van der Waals surface area contributed by atoms with Crippen LogP contribution in [0.25, 0.3) is 4.96 Å². The van der Waals surface area contributed by atoms with Crippen LogP contribution in [0.3, 0.4) is 0 Å². The molecule has 21 heavy (non-hydrogen) atoms. The molecule has 9 heteroatoms. The lowest BCUT2D eigenvalue weighted by Gasteiger charge is -2.06. The number of nitrogens with one attached hydrogen (secondary N) is 1. The van der Waals surface area contributed by atoms with Crippen LogP contribution in [-0.4, -0.2) is 21.4 Å². The molecule has 0 amide bonds. The number of nitrogens with zero attached hydrogens (tertiary/aromatic N) is 3. The van der Waals surface area contributed by atoms with Crippen LogP contribution in [0.4, 0.5) is 21.7 Å². The minimum atomic E-state index is -0.518. The Morgan fingerprint density at radius 1 is 1.52 bits per heavy atom. The summed E-state index contributed by atoms with van der Waals surface area (Å²) in [6.45, 7) is 0. The van der Waals surface area contributed by atoms with Crippen LogP contribution < -0.4 is 10.1 Å². The van der Waals surface area contributed by atoms with Gasteiger partial charge < -0.3 is 20.2 Å². The largest absolute Gasteiger partial charge is 0.494 e. The summed E-state index contributed by atoms with van der Waals surface area (Å²) in [5, 5.41) is 15.7. The Morgan fingerprint density at radius 2 is 2.33 bits per heavy atom. The van der Waals surface area contributed by atoms with Gasteiger partial charge in [0.25, 0.3) is 4.96 Å². The molecule has 108 valence electrons. The first-order chi connectivity index (χ1) is 10.1. The van der Waals surface area contributed by atoms with Gasteiger partial charge in [-0.25, -0.2) is 4.39 Å². The number of thiazole rings is 1. The molecule has 0 atom stereocenters. The lowest BCUT2D eigenvalue weighted by molar-refractivity contribution is -0.389. The monoisotopic (exact) mass is 308 g/mol. The summed E-state index contributed by atoms with van der Waals surface area (Å²) in [6.07, 6.45) is 1.57. The summed E-state index contributed by atoms with van der Waals surface area (Å²) >= 11 is 1.28. The van der Waals surface area contributed by atoms with Crippen molar-refractivity contribution in [1.82, 2.24) is 9.38 Å². The molecule has 0 aliphatic rings. The van der Waals surface area contributed by atoms with Crippen LogP contribution in [0.15, 0.2) is 29.8 Å². The Kier molecular flexibility index (Phi) is 3.18. The third kappa shape index (κ3) is 2.27. The molecule has 0 saturated carbocycles. The molecule has 0 spiro atoms. The Labute approximate surface area is 121 Å². The Hall–Kier alpha value is -2.68. The van der Waals surface area contributed by atoms with Crippen molar-refractivity contribution >= 4 is 33.6 Å². The van der Waals surface area contributed by atoms with Crippen molar-refractivity contribution in [3.8, 4) is 5.75 Å². The van der Waals surface area contributed by atoms with Crippen molar-refractivity contribution in [1.29, 1.82) is 0 Å². The van der Waals surface area contributed by atoms with Crippen molar-refractivity contribution in [3.63, 3.8) is 0 Å². The van der Waals surface area contributed by atoms with E-state index in [4.69, 9.17) is 4.74 Å². The van der Waals surface area contributed by atoms with E-state index in [-0.39, 0.29) is 17.4 Å². The molecule has 3 aromatic rings. The van der Waals surface area contributed by atoms with Gasteiger partial charge in [0.05, 0.1) is 7.11 Å². The van der Waals surface area contributed by atoms with Crippen LogP contribution >= 0.6 is 11.3 Å². The summed E-state index contributed by atoms with van der Waals surface area (Å²) in [7, 11) is 1.34. The van der Waals surface area contributed by atoms with Crippen molar-refractivity contribution < 1.29 is 14.1 Å². The average molecular weight is 308 g/mol. The number of imidazole rings is 1. The lowest BCUT2D eigenvalue weighted by atomic mass is 10.3. The van der Waals surface area contributed by atoms with Crippen molar-refractivity contribution in [2.45, 2.75) is 0 Å². The highest BCUT2D eigenvalue weighted by molar-refractivity contribution is 7.15. The number of benzene rings is 1. The third-order valence-corrected chi connectivity index (χ3v) is 3.58. The van der Waals surface area contributed by atoms with E-state index >= 15 is 0 Å². The van der Waals surface area contributed by atoms with Gasteiger partial charge in [-0.1, -0.05) is 11.3 Å². The molecule has 1 N–H and O–H groups in total. The molecule has 2 heterocycles. The van der Waals surface area contributed by atoms with E-state index in [1.807, 2.05) is 0 Å². The van der Waals surface area contributed by atoms with Gasteiger partial charge in [-0.2, -0.15) is 9.38 Å². The Balaban J connectivity index is 2.03. The molecule has 0 saturated heterocycles. The number of methoxy groups -OCH3 is 1. The minimum absolute atomic E-state index is 0.0451. The van der Waals surface area contributed by atoms with Gasteiger partial charge in [-0.05, 0) is 17.1 Å². The van der Waals surface area contributed by atoms with E-state index in [9.17, 15) is 14.5 Å². The van der Waals surface area contributed by atoms with E-state index in [0.29, 0.717) is 10.6 Å². The highest BCUT2D eigenvalue weighted by Crippen LogP contribution is 2.31. The van der Waals surface area contributed by atoms with Gasteiger partial charge in [0, 0.05) is 17.1 Å². The number of aromatic nitrogens is 2. The van der Waals surface area contributed by atoms with Gasteiger partial charge in [0.1, 0.15) is 6.20 Å². The number of hydrogen-bond donors (Lipinski definition) is 1. The molecule has 3 rings (SSSR count). The fraction of sp³-hybridized carbons (Fsp3) is 0.0833. The Morgan fingerprint density at radius 3 is 3.05 bits per heavy atom. The van der Waals surface area contributed by atoms with Crippen LogP contribution in [-0.2, 0) is 0 Å². The molecular formula is C12H9FN4O3S. The maximum Gasteiger partial charge on any atom is 0.373 e. The van der Waals surface area contributed by atoms with E-state index in [2.05, 4.69) is 10.3 Å². The zero-order chi connectivity index (χ0) is 15.0. The molecule has 0 unspecified atom stereocenters. The van der Waals surface area contributed by atoms with Gasteiger partial charge in [0.15, 0.2) is 11.6 Å². The maximum absolute atomic E-state index is 13.4. The molecular weight excluding hydrogens is 299 g/mol. The summed E-state index contributed by atoms with van der Waals surface area (Å²) in [6, 6.07) is 4.08. The fourth-order valence-corrected chi connectivity index (χ4v) is 2.62. The molecule has 0 aliphatic heterocycles. The number of halogens is 1. The van der Waals surface area contributed by atoms with Gasteiger partial charge in [0.2, 0.25) is 5.82 Å². The van der Waals surface area contributed by atoms with E-state index < -0.39 is 10.7 Å². The van der Waals surface area contributed by atoms with Gasteiger partial charge in [-0.15, -0.1) is 0 Å². The number of ether oxygens (including phenoxy) is 1. The molecule has 7 nitrogen and oxygen atoms in total. The van der Waals surface area contributed by atoms with E-state index in [1.165, 1.54) is 41.0 Å². The summed E-state index contributed by atoms with van der Waals surface area (Å²) in [5.74, 6) is -0.540. The van der Waals surface area contributed by atoms with E-state index in [0.717, 1.165) is 0 Å². The van der Waals surface area contributed by atoms with Crippen LogP contribution in [0, 0.1) is 15.9 Å². The van der Waals surface area contributed by atoms with Crippen LogP contribution in [0.2, 0.25) is 0 Å². The molecule has 0 aliphatic carbocycles. The predicted octanol–water partition coefficient (Wildman–Crippen LogP) is 3.20. The first-order valence-electron chi connectivity index (χ1n) is 5.80. The van der Waals surface area contributed by atoms with Gasteiger partial charge >= 0.3 is 5.82 Å². The Bertz CT molecular complexity index is 829.